The van der Waals surface area contributed by atoms with E-state index in [2.05, 4.69) is 5.32 Å². The first kappa shape index (κ1) is 17.7. The van der Waals surface area contributed by atoms with E-state index in [9.17, 15) is 13.2 Å². The zero-order chi connectivity index (χ0) is 16.0. The molecule has 0 aliphatic rings. The zero-order valence-electron chi connectivity index (χ0n) is 12.1. The highest BCUT2D eigenvalue weighted by Gasteiger charge is 2.20. The molecule has 0 saturated heterocycles. The minimum absolute atomic E-state index is 0.119. The monoisotopic (exact) mass is 335 g/mol. The molecule has 1 aromatic carbocycles. The fourth-order valence-electron chi connectivity index (χ4n) is 1.71. The number of hydrogen-bond donors (Lipinski definition) is 1. The van der Waals surface area contributed by atoms with Crippen molar-refractivity contribution >= 4 is 25.6 Å². The third kappa shape index (κ3) is 5.18. The van der Waals surface area contributed by atoms with Gasteiger partial charge in [-0.05, 0) is 32.0 Å². The molecule has 0 aliphatic carbocycles. The number of carbonyl (C=O) groups is 1. The van der Waals surface area contributed by atoms with Gasteiger partial charge in [-0.15, -0.1) is 0 Å². The molecule has 1 aromatic rings. The van der Waals surface area contributed by atoms with Crippen LogP contribution < -0.4 is 10.1 Å². The van der Waals surface area contributed by atoms with Crippen LogP contribution in [0.3, 0.4) is 0 Å². The van der Waals surface area contributed by atoms with Crippen molar-refractivity contribution in [1.82, 2.24) is 5.32 Å². The Kier molecular flexibility index (Phi) is 6.44. The molecule has 21 heavy (non-hydrogen) atoms. The van der Waals surface area contributed by atoms with Gasteiger partial charge in [-0.25, -0.2) is 8.42 Å². The van der Waals surface area contributed by atoms with Crippen molar-refractivity contribution in [1.29, 1.82) is 0 Å². The van der Waals surface area contributed by atoms with Crippen LogP contribution >= 0.6 is 10.7 Å². The Labute approximate surface area is 128 Å². The second kappa shape index (κ2) is 7.63. The van der Waals surface area contributed by atoms with Crippen LogP contribution in [0.4, 0.5) is 0 Å². The predicted molar refractivity (Wildman–Crippen MR) is 79.5 cm³/mol. The van der Waals surface area contributed by atoms with Gasteiger partial charge in [0, 0.05) is 29.4 Å². The highest BCUT2D eigenvalue weighted by Crippen LogP contribution is 2.28. The van der Waals surface area contributed by atoms with Gasteiger partial charge in [0.2, 0.25) is 0 Å². The smallest absolute Gasteiger partial charge is 0.265 e. The summed E-state index contributed by atoms with van der Waals surface area (Å²) in [6.45, 7) is 4.13. The maximum Gasteiger partial charge on any atom is 0.265 e. The van der Waals surface area contributed by atoms with E-state index in [4.69, 9.17) is 20.2 Å². The first-order valence-electron chi connectivity index (χ1n) is 6.31. The molecule has 6 nitrogen and oxygen atoms in total. The van der Waals surface area contributed by atoms with E-state index < -0.39 is 15.0 Å². The minimum atomic E-state index is -4.01. The van der Waals surface area contributed by atoms with Crippen molar-refractivity contribution in [3.63, 3.8) is 0 Å². The van der Waals surface area contributed by atoms with Crippen molar-refractivity contribution in [3.8, 4) is 5.75 Å². The molecule has 1 rings (SSSR count). The van der Waals surface area contributed by atoms with Gasteiger partial charge in [0.25, 0.3) is 15.0 Å². The normalized spacial score (nSPS) is 12.8. The number of benzene rings is 1. The third-order valence-corrected chi connectivity index (χ3v) is 3.91. The first-order valence-corrected chi connectivity index (χ1v) is 8.61. The van der Waals surface area contributed by atoms with Gasteiger partial charge < -0.3 is 14.8 Å². The fraction of sp³-hybridized carbons (Fsp3) is 0.462. The van der Waals surface area contributed by atoms with E-state index in [1.807, 2.05) is 0 Å². The minimum Gasteiger partial charge on any atom is -0.492 e. The molecule has 0 bridgehead atoms. The Balaban J connectivity index is 3.08. The topological polar surface area (TPSA) is 81.7 Å². The van der Waals surface area contributed by atoms with Gasteiger partial charge in [-0.2, -0.15) is 0 Å². The molecule has 8 heteroatoms. The molecule has 1 amide bonds. The summed E-state index contributed by atoms with van der Waals surface area (Å²) in [6.07, 6.45) is 0. The number of methoxy groups -OCH3 is 1. The first-order chi connectivity index (χ1) is 9.79. The molecule has 0 fully saturated rings. The van der Waals surface area contributed by atoms with E-state index in [-0.39, 0.29) is 28.9 Å². The zero-order valence-corrected chi connectivity index (χ0v) is 13.6. The third-order valence-electron chi connectivity index (χ3n) is 2.56. The number of rotatable bonds is 7. The summed E-state index contributed by atoms with van der Waals surface area (Å²) in [5, 5.41) is 2.68. The molecular formula is C13H18ClNO5S. The molecule has 0 aliphatic heterocycles. The molecule has 0 saturated carbocycles. The summed E-state index contributed by atoms with van der Waals surface area (Å²) in [5.74, 6) is -0.293. The van der Waals surface area contributed by atoms with Gasteiger partial charge in [0.05, 0.1) is 13.2 Å². The lowest BCUT2D eigenvalue weighted by molar-refractivity contribution is 0.0905. The van der Waals surface area contributed by atoms with Crippen LogP contribution in [-0.2, 0) is 13.8 Å². The van der Waals surface area contributed by atoms with Crippen LogP contribution in [0.5, 0.6) is 5.75 Å². The fourth-order valence-corrected chi connectivity index (χ4v) is 2.71. The largest absolute Gasteiger partial charge is 0.492 e. The number of amides is 1. The Morgan fingerprint density at radius 3 is 2.62 bits per heavy atom. The maximum atomic E-state index is 12.0. The summed E-state index contributed by atoms with van der Waals surface area (Å²) in [7, 11) is 2.89. The van der Waals surface area contributed by atoms with E-state index in [1.54, 1.807) is 13.8 Å². The summed E-state index contributed by atoms with van der Waals surface area (Å²) in [6, 6.07) is 3.88. The quantitative estimate of drug-likeness (QED) is 0.768. The molecular weight excluding hydrogens is 318 g/mol. The van der Waals surface area contributed by atoms with Crippen LogP contribution in [0.15, 0.2) is 23.1 Å². The number of ether oxygens (including phenoxy) is 2. The van der Waals surface area contributed by atoms with Crippen LogP contribution in [0.2, 0.25) is 0 Å². The highest BCUT2D eigenvalue weighted by atomic mass is 35.7. The molecule has 0 aromatic heterocycles. The SMILES string of the molecule is CCOc1ccc(C(=O)NC(C)COC)cc1S(=O)(=O)Cl. The summed E-state index contributed by atoms with van der Waals surface area (Å²) in [5.41, 5.74) is 0.181. The van der Waals surface area contributed by atoms with Gasteiger partial charge in [-0.1, -0.05) is 0 Å². The van der Waals surface area contributed by atoms with Gasteiger partial charge in [0.15, 0.2) is 0 Å². The Hall–Kier alpha value is -1.31. The lowest BCUT2D eigenvalue weighted by atomic mass is 10.2. The summed E-state index contributed by atoms with van der Waals surface area (Å²) >= 11 is 0. The van der Waals surface area contributed by atoms with E-state index in [0.717, 1.165) is 0 Å². The highest BCUT2D eigenvalue weighted by molar-refractivity contribution is 8.13. The molecule has 1 N–H and O–H groups in total. The van der Waals surface area contributed by atoms with Crippen molar-refractivity contribution in [2.24, 2.45) is 0 Å². The predicted octanol–water partition coefficient (Wildman–Crippen LogP) is 1.78. The summed E-state index contributed by atoms with van der Waals surface area (Å²) in [4.78, 5) is 11.8. The number of carbonyl (C=O) groups excluding carboxylic acids is 1. The van der Waals surface area contributed by atoms with Crippen molar-refractivity contribution < 1.29 is 22.7 Å². The molecule has 1 unspecified atom stereocenters. The lowest BCUT2D eigenvalue weighted by Crippen LogP contribution is -2.35. The molecule has 0 radical (unpaired) electrons. The average molecular weight is 336 g/mol. The van der Waals surface area contributed by atoms with Crippen LogP contribution in [-0.4, -0.2) is 40.7 Å². The Morgan fingerprint density at radius 1 is 1.43 bits per heavy atom. The van der Waals surface area contributed by atoms with Crippen molar-refractivity contribution in [3.05, 3.63) is 23.8 Å². The van der Waals surface area contributed by atoms with Crippen molar-refractivity contribution in [2.45, 2.75) is 24.8 Å². The van der Waals surface area contributed by atoms with E-state index >= 15 is 0 Å². The van der Waals surface area contributed by atoms with Crippen LogP contribution in [0, 0.1) is 0 Å². The lowest BCUT2D eigenvalue weighted by Gasteiger charge is -2.14. The second-order valence-electron chi connectivity index (χ2n) is 4.36. The number of hydrogen-bond acceptors (Lipinski definition) is 5. The molecule has 0 heterocycles. The summed E-state index contributed by atoms with van der Waals surface area (Å²) < 4.78 is 33.2. The number of nitrogens with one attached hydrogen (secondary N) is 1. The Bertz CT molecular complexity index is 603. The molecule has 0 spiro atoms. The molecule has 118 valence electrons. The standard InChI is InChI=1S/C13H18ClNO5S/c1-4-20-11-6-5-10(7-12(11)21(14,17)18)13(16)15-9(2)8-19-3/h5-7,9H,4,8H2,1-3H3,(H,15,16). The second-order valence-corrected chi connectivity index (χ2v) is 6.90. The van der Waals surface area contributed by atoms with Crippen LogP contribution in [0.25, 0.3) is 0 Å². The van der Waals surface area contributed by atoms with E-state index in [1.165, 1.54) is 25.3 Å². The Morgan fingerprint density at radius 2 is 2.10 bits per heavy atom. The molecule has 1 atom stereocenters. The van der Waals surface area contributed by atoms with Gasteiger partial charge >= 0.3 is 0 Å². The van der Waals surface area contributed by atoms with Gasteiger partial charge in [-0.3, -0.25) is 4.79 Å². The average Bonchev–Trinajstić information content (AvgIpc) is 2.38. The number of halogens is 1. The van der Waals surface area contributed by atoms with E-state index in [0.29, 0.717) is 6.61 Å². The maximum absolute atomic E-state index is 12.0. The van der Waals surface area contributed by atoms with Crippen LogP contribution in [0.1, 0.15) is 24.2 Å². The van der Waals surface area contributed by atoms with Gasteiger partial charge in [0.1, 0.15) is 10.6 Å². The van der Waals surface area contributed by atoms with Crippen molar-refractivity contribution in [2.75, 3.05) is 20.3 Å².